The number of H-pyrrole nitrogens is 1. The van der Waals surface area contributed by atoms with Crippen molar-refractivity contribution < 1.29 is 19.0 Å². The second-order valence-electron chi connectivity index (χ2n) is 6.63. The highest BCUT2D eigenvalue weighted by molar-refractivity contribution is 5.98. The van der Waals surface area contributed by atoms with Gasteiger partial charge in [0.1, 0.15) is 11.4 Å². The molecule has 2 aliphatic heterocycles. The Bertz CT molecular complexity index is 751. The molecule has 1 aromatic heterocycles. The molecule has 0 saturated carbocycles. The van der Waals surface area contributed by atoms with Crippen LogP contribution in [-0.2, 0) is 9.47 Å². The molecule has 1 unspecified atom stereocenters. The largest absolute Gasteiger partial charge is 0.494 e. The van der Waals surface area contributed by atoms with Gasteiger partial charge < -0.3 is 24.1 Å². The van der Waals surface area contributed by atoms with Crippen molar-refractivity contribution in [1.29, 1.82) is 0 Å². The molecule has 2 fully saturated rings. The van der Waals surface area contributed by atoms with Crippen LogP contribution in [0.25, 0.3) is 10.9 Å². The number of ether oxygens (including phenoxy) is 3. The molecule has 3 heterocycles. The van der Waals surface area contributed by atoms with Gasteiger partial charge >= 0.3 is 0 Å². The normalized spacial score (nSPS) is 21.8. The minimum atomic E-state index is -0.160. The van der Waals surface area contributed by atoms with Crippen LogP contribution in [0.4, 0.5) is 0 Å². The van der Waals surface area contributed by atoms with E-state index in [1.807, 2.05) is 36.1 Å². The van der Waals surface area contributed by atoms with Crippen LogP contribution in [0.3, 0.4) is 0 Å². The van der Waals surface area contributed by atoms with E-state index in [0.717, 1.165) is 36.0 Å². The number of nitrogens with zero attached hydrogens (tertiary/aromatic N) is 1. The van der Waals surface area contributed by atoms with Gasteiger partial charge in [0.05, 0.1) is 19.8 Å². The van der Waals surface area contributed by atoms with Gasteiger partial charge in [0.15, 0.2) is 6.29 Å². The van der Waals surface area contributed by atoms with E-state index >= 15 is 0 Å². The summed E-state index contributed by atoms with van der Waals surface area (Å²) in [6, 6.07) is 7.76. The first-order valence-corrected chi connectivity index (χ1v) is 9.02. The van der Waals surface area contributed by atoms with Crippen molar-refractivity contribution in [1.82, 2.24) is 9.88 Å². The smallest absolute Gasteiger partial charge is 0.270 e. The number of rotatable bonds is 4. The number of piperidine rings is 1. The molecule has 6 heteroatoms. The molecule has 0 spiro atoms. The molecule has 25 heavy (non-hydrogen) atoms. The van der Waals surface area contributed by atoms with Crippen molar-refractivity contribution >= 4 is 16.8 Å². The zero-order valence-corrected chi connectivity index (χ0v) is 14.5. The zero-order valence-electron chi connectivity index (χ0n) is 14.5. The van der Waals surface area contributed by atoms with Crippen LogP contribution in [0.5, 0.6) is 5.75 Å². The summed E-state index contributed by atoms with van der Waals surface area (Å²) in [7, 11) is 0. The number of likely N-dealkylation sites (tertiary alicyclic amines) is 1. The van der Waals surface area contributed by atoms with Crippen molar-refractivity contribution in [3.8, 4) is 5.75 Å². The van der Waals surface area contributed by atoms with Crippen LogP contribution >= 0.6 is 0 Å². The first kappa shape index (κ1) is 16.4. The third-order valence-electron chi connectivity index (χ3n) is 4.91. The first-order chi connectivity index (χ1) is 12.2. The Hall–Kier alpha value is -2.05. The molecule has 2 aliphatic rings. The minimum Gasteiger partial charge on any atom is -0.494 e. The first-order valence-electron chi connectivity index (χ1n) is 9.02. The molecule has 2 saturated heterocycles. The fourth-order valence-electron chi connectivity index (χ4n) is 3.71. The Morgan fingerprint density at radius 1 is 1.32 bits per heavy atom. The second kappa shape index (κ2) is 7.06. The molecule has 134 valence electrons. The Labute approximate surface area is 147 Å². The summed E-state index contributed by atoms with van der Waals surface area (Å²) in [4.78, 5) is 18.1. The minimum absolute atomic E-state index is 0.0388. The molecule has 0 bridgehead atoms. The highest BCUT2D eigenvalue weighted by Gasteiger charge is 2.33. The molecule has 1 amide bonds. The lowest BCUT2D eigenvalue weighted by atomic mass is 9.97. The number of aromatic amines is 1. The van der Waals surface area contributed by atoms with Gasteiger partial charge in [-0.15, -0.1) is 0 Å². The van der Waals surface area contributed by atoms with Gasteiger partial charge in [0.25, 0.3) is 5.91 Å². The number of carbonyl (C=O) groups excluding carboxylic acids is 1. The van der Waals surface area contributed by atoms with Gasteiger partial charge in [-0.3, -0.25) is 4.79 Å². The molecule has 2 aromatic rings. The van der Waals surface area contributed by atoms with Crippen molar-refractivity contribution in [2.24, 2.45) is 5.92 Å². The van der Waals surface area contributed by atoms with E-state index in [2.05, 4.69) is 4.98 Å². The van der Waals surface area contributed by atoms with Gasteiger partial charge in [-0.05, 0) is 38.0 Å². The molecule has 0 aliphatic carbocycles. The van der Waals surface area contributed by atoms with E-state index in [4.69, 9.17) is 14.2 Å². The van der Waals surface area contributed by atoms with Crippen molar-refractivity contribution in [3.05, 3.63) is 30.0 Å². The van der Waals surface area contributed by atoms with Gasteiger partial charge in [-0.1, -0.05) is 0 Å². The summed E-state index contributed by atoms with van der Waals surface area (Å²) in [5.41, 5.74) is 1.54. The number of hydrogen-bond acceptors (Lipinski definition) is 4. The maximum Gasteiger partial charge on any atom is 0.270 e. The fourth-order valence-corrected chi connectivity index (χ4v) is 3.71. The van der Waals surface area contributed by atoms with E-state index < -0.39 is 0 Å². The maximum absolute atomic E-state index is 12.9. The monoisotopic (exact) mass is 344 g/mol. The predicted molar refractivity (Wildman–Crippen MR) is 93.8 cm³/mol. The lowest BCUT2D eigenvalue weighted by Crippen LogP contribution is -2.43. The summed E-state index contributed by atoms with van der Waals surface area (Å²) in [5, 5.41) is 1.02. The Kier molecular flexibility index (Phi) is 4.63. The molecule has 0 radical (unpaired) electrons. The Balaban J connectivity index is 1.50. The van der Waals surface area contributed by atoms with Crippen molar-refractivity contribution in [3.63, 3.8) is 0 Å². The van der Waals surface area contributed by atoms with Gasteiger partial charge in [-0.25, -0.2) is 0 Å². The molecule has 1 atom stereocenters. The second-order valence-corrected chi connectivity index (χ2v) is 6.63. The molecule has 1 N–H and O–H groups in total. The van der Waals surface area contributed by atoms with E-state index in [0.29, 0.717) is 32.1 Å². The maximum atomic E-state index is 12.9. The number of aromatic nitrogens is 1. The number of amides is 1. The number of hydrogen-bond donors (Lipinski definition) is 1. The molecule has 4 rings (SSSR count). The molecule has 6 nitrogen and oxygen atoms in total. The van der Waals surface area contributed by atoms with E-state index in [1.54, 1.807) is 0 Å². The van der Waals surface area contributed by atoms with Gasteiger partial charge in [0, 0.05) is 36.0 Å². The summed E-state index contributed by atoms with van der Waals surface area (Å²) < 4.78 is 16.8. The van der Waals surface area contributed by atoms with E-state index in [1.165, 1.54) is 0 Å². The molecular weight excluding hydrogens is 320 g/mol. The highest BCUT2D eigenvalue weighted by Crippen LogP contribution is 2.27. The van der Waals surface area contributed by atoms with E-state index in [9.17, 15) is 4.79 Å². The van der Waals surface area contributed by atoms with Gasteiger partial charge in [-0.2, -0.15) is 0 Å². The quantitative estimate of drug-likeness (QED) is 0.926. The lowest BCUT2D eigenvalue weighted by molar-refractivity contribution is -0.0969. The number of nitrogens with one attached hydrogen (secondary N) is 1. The number of carbonyl (C=O) groups is 1. The predicted octanol–water partition coefficient (Wildman–Crippen LogP) is 2.79. The third kappa shape index (κ3) is 3.37. The summed E-state index contributed by atoms with van der Waals surface area (Å²) in [6.45, 7) is 5.35. The zero-order chi connectivity index (χ0) is 17.2. The van der Waals surface area contributed by atoms with E-state index in [-0.39, 0.29) is 18.1 Å². The number of benzene rings is 1. The molecule has 1 aromatic carbocycles. The topological polar surface area (TPSA) is 63.8 Å². The standard InChI is InChI=1S/C19H24N2O4/c1-2-23-15-6-5-13-10-17(20-16(13)11-15)18(22)21-7-3-4-14(12-21)19-24-8-9-25-19/h5-6,10-11,14,19-20H,2-4,7-9,12H2,1H3. The SMILES string of the molecule is CCOc1ccc2cc(C(=O)N3CCCC(C4OCCO4)C3)[nH]c2c1. The summed E-state index contributed by atoms with van der Waals surface area (Å²) >= 11 is 0. The van der Waals surface area contributed by atoms with Crippen LogP contribution in [0, 0.1) is 5.92 Å². The van der Waals surface area contributed by atoms with Crippen molar-refractivity contribution in [2.45, 2.75) is 26.1 Å². The number of fused-ring (bicyclic) bond motifs is 1. The van der Waals surface area contributed by atoms with Crippen LogP contribution in [0.1, 0.15) is 30.3 Å². The average molecular weight is 344 g/mol. The molecular formula is C19H24N2O4. The third-order valence-corrected chi connectivity index (χ3v) is 4.91. The highest BCUT2D eigenvalue weighted by atomic mass is 16.7. The Morgan fingerprint density at radius 2 is 2.16 bits per heavy atom. The van der Waals surface area contributed by atoms with Crippen LogP contribution in [0.2, 0.25) is 0 Å². The van der Waals surface area contributed by atoms with Crippen LogP contribution in [0.15, 0.2) is 24.3 Å². The van der Waals surface area contributed by atoms with Crippen molar-refractivity contribution in [2.75, 3.05) is 32.9 Å². The lowest BCUT2D eigenvalue weighted by Gasteiger charge is -2.34. The fraction of sp³-hybridized carbons (Fsp3) is 0.526. The van der Waals surface area contributed by atoms with Gasteiger partial charge in [0.2, 0.25) is 0 Å². The Morgan fingerprint density at radius 3 is 2.96 bits per heavy atom. The average Bonchev–Trinajstić information content (AvgIpc) is 3.31. The van der Waals surface area contributed by atoms with Crippen LogP contribution < -0.4 is 4.74 Å². The van der Waals surface area contributed by atoms with Crippen LogP contribution in [-0.4, -0.2) is 55.0 Å². The summed E-state index contributed by atoms with van der Waals surface area (Å²) in [5.74, 6) is 1.11. The summed E-state index contributed by atoms with van der Waals surface area (Å²) in [6.07, 6.45) is 1.86.